The fourth-order valence-corrected chi connectivity index (χ4v) is 7.81. The number of para-hydroxylation sites is 1. The molecule has 4 nitrogen and oxygen atoms in total. The van der Waals surface area contributed by atoms with Crippen LogP contribution in [0.3, 0.4) is 0 Å². The fourth-order valence-electron chi connectivity index (χ4n) is 7.81. The van der Waals surface area contributed by atoms with Gasteiger partial charge in [-0.3, -0.25) is 0 Å². The Kier molecular flexibility index (Phi) is 6.80. The smallest absolute Gasteiger partial charge is 0.167 e. The molecule has 0 saturated heterocycles. The monoisotopic (exact) mass is 667 g/mol. The summed E-state index contributed by atoms with van der Waals surface area (Å²) < 4.78 is 6.78. The van der Waals surface area contributed by atoms with E-state index in [9.17, 15) is 0 Å². The second-order valence-corrected chi connectivity index (χ2v) is 14.0. The van der Waals surface area contributed by atoms with Crippen LogP contribution in [0.2, 0.25) is 0 Å². The van der Waals surface area contributed by atoms with Crippen LogP contribution in [0.5, 0.6) is 0 Å². The quantitative estimate of drug-likeness (QED) is 0.183. The van der Waals surface area contributed by atoms with Gasteiger partial charge in [-0.25, -0.2) is 15.0 Å². The maximum absolute atomic E-state index is 6.78. The normalized spacial score (nSPS) is 13.0. The van der Waals surface area contributed by atoms with Crippen LogP contribution in [0.4, 0.5) is 0 Å². The molecule has 9 aromatic rings. The fraction of sp³-hybridized carbons (Fsp3) is 0.0625. The molecule has 10 rings (SSSR count). The van der Waals surface area contributed by atoms with E-state index in [0.717, 1.165) is 49.8 Å². The van der Waals surface area contributed by atoms with Crippen molar-refractivity contribution in [2.75, 3.05) is 0 Å². The first kappa shape index (κ1) is 30.2. The van der Waals surface area contributed by atoms with Gasteiger partial charge in [0.05, 0.1) is 5.56 Å². The number of benzene rings is 7. The third-order valence-corrected chi connectivity index (χ3v) is 10.6. The van der Waals surface area contributed by atoms with Crippen LogP contribution in [0.1, 0.15) is 25.0 Å². The molecule has 1 aliphatic carbocycles. The molecule has 0 N–H and O–H groups in total. The largest absolute Gasteiger partial charge is 0.455 e. The lowest BCUT2D eigenvalue weighted by atomic mass is 9.82. The van der Waals surface area contributed by atoms with Crippen molar-refractivity contribution in [3.8, 4) is 67.5 Å². The molecule has 1 aliphatic rings. The van der Waals surface area contributed by atoms with Crippen LogP contribution in [-0.2, 0) is 5.41 Å². The molecule has 2 heterocycles. The zero-order valence-electron chi connectivity index (χ0n) is 28.8. The number of nitrogens with zero attached hydrogens (tertiary/aromatic N) is 3. The third kappa shape index (κ3) is 4.87. The molecule has 0 bridgehead atoms. The van der Waals surface area contributed by atoms with Gasteiger partial charge in [0.15, 0.2) is 17.5 Å². The van der Waals surface area contributed by atoms with E-state index in [-0.39, 0.29) is 5.41 Å². The highest BCUT2D eigenvalue weighted by Crippen LogP contribution is 2.51. The highest BCUT2D eigenvalue weighted by atomic mass is 16.3. The summed E-state index contributed by atoms with van der Waals surface area (Å²) in [6, 6.07) is 57.2. The topological polar surface area (TPSA) is 51.8 Å². The molecule has 0 aliphatic heterocycles. The van der Waals surface area contributed by atoms with Crippen LogP contribution in [-0.4, -0.2) is 15.0 Å². The molecule has 0 saturated carbocycles. The summed E-state index contributed by atoms with van der Waals surface area (Å²) in [4.78, 5) is 15.3. The minimum atomic E-state index is -0.119. The van der Waals surface area contributed by atoms with E-state index in [2.05, 4.69) is 166 Å². The lowest BCUT2D eigenvalue weighted by Gasteiger charge is -2.21. The van der Waals surface area contributed by atoms with Gasteiger partial charge in [0.2, 0.25) is 0 Å². The Balaban J connectivity index is 1.13. The molecular formula is C48H33N3O. The van der Waals surface area contributed by atoms with Crippen molar-refractivity contribution in [2.24, 2.45) is 0 Å². The zero-order valence-corrected chi connectivity index (χ0v) is 28.8. The summed E-state index contributed by atoms with van der Waals surface area (Å²) in [6.07, 6.45) is 0. The minimum absolute atomic E-state index is 0.119. The van der Waals surface area contributed by atoms with Gasteiger partial charge in [0.1, 0.15) is 11.2 Å². The predicted molar refractivity (Wildman–Crippen MR) is 212 cm³/mol. The number of aromatic nitrogens is 3. The SMILES string of the molecule is CC1(C)c2ccccc2-c2cc3c(cc21)oc1c(-c2nc(-c4ccc(-c5ccccc5)cc4)nc(-c4ccc(-c5ccccc5)cc4)n2)cccc13. The van der Waals surface area contributed by atoms with Crippen molar-refractivity contribution >= 4 is 21.9 Å². The van der Waals surface area contributed by atoms with Crippen molar-refractivity contribution in [3.05, 3.63) is 175 Å². The molecule has 0 atom stereocenters. The third-order valence-electron chi connectivity index (χ3n) is 10.6. The van der Waals surface area contributed by atoms with Crippen molar-refractivity contribution in [1.29, 1.82) is 0 Å². The Morgan fingerprint density at radius 3 is 1.50 bits per heavy atom. The van der Waals surface area contributed by atoms with Crippen LogP contribution < -0.4 is 0 Å². The summed E-state index contributed by atoms with van der Waals surface area (Å²) in [5.41, 5.74) is 14.0. The van der Waals surface area contributed by atoms with E-state index in [1.807, 2.05) is 12.1 Å². The number of hydrogen-bond acceptors (Lipinski definition) is 4. The van der Waals surface area contributed by atoms with Crippen LogP contribution in [0.15, 0.2) is 168 Å². The Morgan fingerprint density at radius 1 is 0.385 bits per heavy atom. The molecule has 0 unspecified atom stereocenters. The van der Waals surface area contributed by atoms with Gasteiger partial charge in [-0.05, 0) is 62.7 Å². The first-order valence-corrected chi connectivity index (χ1v) is 17.7. The van der Waals surface area contributed by atoms with E-state index in [1.54, 1.807) is 0 Å². The summed E-state index contributed by atoms with van der Waals surface area (Å²) in [5, 5.41) is 2.13. The number of rotatable bonds is 5. The lowest BCUT2D eigenvalue weighted by molar-refractivity contribution is 0.647. The van der Waals surface area contributed by atoms with Crippen molar-refractivity contribution in [2.45, 2.75) is 19.3 Å². The Morgan fingerprint density at radius 2 is 0.885 bits per heavy atom. The van der Waals surface area contributed by atoms with Crippen molar-refractivity contribution in [1.82, 2.24) is 15.0 Å². The molecule has 7 aromatic carbocycles. The van der Waals surface area contributed by atoms with Crippen molar-refractivity contribution < 1.29 is 4.42 Å². The Labute approximate surface area is 302 Å². The van der Waals surface area contributed by atoms with E-state index in [1.165, 1.54) is 33.4 Å². The van der Waals surface area contributed by atoms with Gasteiger partial charge in [-0.2, -0.15) is 0 Å². The summed E-state index contributed by atoms with van der Waals surface area (Å²) in [5.74, 6) is 1.79. The first-order valence-electron chi connectivity index (χ1n) is 17.7. The van der Waals surface area contributed by atoms with Gasteiger partial charge in [-0.15, -0.1) is 0 Å². The molecule has 0 spiro atoms. The lowest BCUT2D eigenvalue weighted by Crippen LogP contribution is -2.14. The van der Waals surface area contributed by atoms with Crippen LogP contribution in [0, 0.1) is 0 Å². The van der Waals surface area contributed by atoms with Crippen LogP contribution >= 0.6 is 0 Å². The van der Waals surface area contributed by atoms with E-state index in [0.29, 0.717) is 17.5 Å². The number of hydrogen-bond donors (Lipinski definition) is 0. The molecule has 4 heteroatoms. The molecular weight excluding hydrogens is 635 g/mol. The van der Waals surface area contributed by atoms with Crippen LogP contribution in [0.25, 0.3) is 89.5 Å². The van der Waals surface area contributed by atoms with Crippen molar-refractivity contribution in [3.63, 3.8) is 0 Å². The van der Waals surface area contributed by atoms with Gasteiger partial charge < -0.3 is 4.42 Å². The molecule has 0 fully saturated rings. The molecule has 52 heavy (non-hydrogen) atoms. The minimum Gasteiger partial charge on any atom is -0.455 e. The van der Waals surface area contributed by atoms with E-state index < -0.39 is 0 Å². The first-order chi connectivity index (χ1) is 25.5. The second-order valence-electron chi connectivity index (χ2n) is 14.0. The van der Waals surface area contributed by atoms with E-state index in [4.69, 9.17) is 19.4 Å². The molecule has 246 valence electrons. The summed E-state index contributed by atoms with van der Waals surface area (Å²) >= 11 is 0. The Bertz CT molecular complexity index is 2680. The van der Waals surface area contributed by atoms with Gasteiger partial charge in [0.25, 0.3) is 0 Å². The Hall–Kier alpha value is -6.65. The summed E-state index contributed by atoms with van der Waals surface area (Å²) in [6.45, 7) is 4.59. The average Bonchev–Trinajstić information content (AvgIpc) is 3.69. The number of furan rings is 1. The summed E-state index contributed by atoms with van der Waals surface area (Å²) in [7, 11) is 0. The molecule has 2 aromatic heterocycles. The maximum atomic E-state index is 6.78. The van der Waals surface area contributed by atoms with Gasteiger partial charge >= 0.3 is 0 Å². The van der Waals surface area contributed by atoms with Gasteiger partial charge in [0, 0.05) is 27.3 Å². The van der Waals surface area contributed by atoms with Gasteiger partial charge in [-0.1, -0.05) is 159 Å². The number of fused-ring (bicyclic) bond motifs is 6. The highest BCUT2D eigenvalue weighted by molar-refractivity contribution is 6.11. The average molecular weight is 668 g/mol. The second kappa shape index (κ2) is 11.7. The standard InChI is InChI=1S/C48H33N3O/c1-48(2)41-19-10-9-16-36(41)39-28-40-37-17-11-18-38(44(37)52-43(40)29-42(39)48)47-50-45(34-24-20-32(21-25-34)30-12-5-3-6-13-30)49-46(51-47)35-26-22-33(23-27-35)31-14-7-4-8-15-31/h3-29H,1-2H3. The zero-order chi connectivity index (χ0) is 34.8. The molecule has 0 amide bonds. The highest BCUT2D eigenvalue weighted by Gasteiger charge is 2.36. The van der Waals surface area contributed by atoms with E-state index >= 15 is 0 Å². The predicted octanol–water partition coefficient (Wildman–Crippen LogP) is 12.4. The maximum Gasteiger partial charge on any atom is 0.167 e. The molecule has 0 radical (unpaired) electrons.